The number of phosphoric acid groups is 2. The first-order valence-corrected chi connectivity index (χ1v) is 34.7. The molecule has 0 aliphatic carbocycles. The van der Waals surface area contributed by atoms with Crippen molar-refractivity contribution >= 4 is 39.5 Å². The highest BCUT2D eigenvalue weighted by Gasteiger charge is 2.30. The summed E-state index contributed by atoms with van der Waals surface area (Å²) >= 11 is 0. The molecular weight excluding hydrogens is 1050 g/mol. The third-order valence-corrected chi connectivity index (χ3v) is 16.0. The summed E-state index contributed by atoms with van der Waals surface area (Å²) in [7, 11) is -9.87. The number of carbonyl (C=O) groups is 4. The topological polar surface area (TPSA) is 237 Å². The van der Waals surface area contributed by atoms with Gasteiger partial charge in [-0.2, -0.15) is 0 Å². The van der Waals surface area contributed by atoms with Gasteiger partial charge in [0.2, 0.25) is 0 Å². The van der Waals surface area contributed by atoms with Gasteiger partial charge in [-0.1, -0.05) is 247 Å². The maximum absolute atomic E-state index is 12.9. The molecule has 3 N–H and O–H groups in total. The average Bonchev–Trinajstić information content (AvgIpc) is 3.42. The van der Waals surface area contributed by atoms with E-state index in [1.165, 1.54) is 109 Å². The zero-order valence-corrected chi connectivity index (χ0v) is 52.3. The molecule has 0 rings (SSSR count). The summed E-state index contributed by atoms with van der Waals surface area (Å²) < 4.78 is 67.7. The molecule has 0 saturated heterocycles. The number of aliphatic hydroxyl groups excluding tert-OH is 1. The number of hydrogen-bond donors (Lipinski definition) is 3. The molecular formula is C60H116O17P2. The maximum atomic E-state index is 12.9. The van der Waals surface area contributed by atoms with Crippen molar-refractivity contribution in [1.29, 1.82) is 0 Å². The standard InChI is InChI=1S/C60H116O17P2/c1-6-10-13-16-19-21-23-29-34-39-44-58(63)71-50-56(77-60(65)46-41-36-31-26-25-28-32-37-42-53(5)9-4)52-75-79(68,69)73-48-54(61)47-72-78(66,67)74-51-55(49-70-57(62)43-38-33-27-18-15-12-8-3)76-59(64)45-40-35-30-24-22-20-17-14-11-7-2/h53-56,61H,6-52H2,1-5H3,(H,66,67)(H,68,69)/t53?,54-,55+,56+/m0/s1. The van der Waals surface area contributed by atoms with Gasteiger partial charge in [-0.3, -0.25) is 37.3 Å². The number of ether oxygens (including phenoxy) is 4. The predicted octanol–water partition coefficient (Wildman–Crippen LogP) is 16.2. The predicted molar refractivity (Wildman–Crippen MR) is 312 cm³/mol. The first kappa shape index (κ1) is 77.1. The van der Waals surface area contributed by atoms with Gasteiger partial charge >= 0.3 is 39.5 Å². The maximum Gasteiger partial charge on any atom is 0.472 e. The number of aliphatic hydroxyl groups is 1. The Morgan fingerprint density at radius 1 is 0.354 bits per heavy atom. The van der Waals surface area contributed by atoms with E-state index in [9.17, 15) is 43.2 Å². The highest BCUT2D eigenvalue weighted by molar-refractivity contribution is 7.47. The quantitative estimate of drug-likeness (QED) is 0.0222. The van der Waals surface area contributed by atoms with Crippen LogP contribution in [-0.4, -0.2) is 96.7 Å². The van der Waals surface area contributed by atoms with Gasteiger partial charge in [0.05, 0.1) is 26.4 Å². The third kappa shape index (κ3) is 53.8. The van der Waals surface area contributed by atoms with E-state index in [0.29, 0.717) is 25.7 Å². The molecule has 0 heterocycles. The van der Waals surface area contributed by atoms with E-state index in [1.54, 1.807) is 0 Å². The van der Waals surface area contributed by atoms with Gasteiger partial charge in [-0.25, -0.2) is 9.13 Å². The van der Waals surface area contributed by atoms with E-state index in [1.807, 2.05) is 0 Å². The van der Waals surface area contributed by atoms with Crippen LogP contribution < -0.4 is 0 Å². The van der Waals surface area contributed by atoms with E-state index in [4.69, 9.17) is 37.0 Å². The summed E-state index contributed by atoms with van der Waals surface area (Å²) in [5, 5.41) is 10.5. The Bertz CT molecular complexity index is 1550. The van der Waals surface area contributed by atoms with E-state index in [0.717, 1.165) is 109 Å². The minimum absolute atomic E-state index is 0.105. The smallest absolute Gasteiger partial charge is 0.462 e. The Balaban J connectivity index is 5.22. The Hall–Kier alpha value is -1.94. The van der Waals surface area contributed by atoms with Crippen LogP contribution in [0.4, 0.5) is 0 Å². The van der Waals surface area contributed by atoms with Crippen LogP contribution in [0.2, 0.25) is 0 Å². The molecule has 0 aliphatic heterocycles. The van der Waals surface area contributed by atoms with Gasteiger partial charge < -0.3 is 33.8 Å². The van der Waals surface area contributed by atoms with Crippen molar-refractivity contribution < 1.29 is 80.2 Å². The minimum atomic E-state index is -4.94. The lowest BCUT2D eigenvalue weighted by Crippen LogP contribution is -2.30. The molecule has 0 aromatic carbocycles. The highest BCUT2D eigenvalue weighted by Crippen LogP contribution is 2.45. The second-order valence-electron chi connectivity index (χ2n) is 22.0. The largest absolute Gasteiger partial charge is 0.472 e. The zero-order chi connectivity index (χ0) is 58.5. The van der Waals surface area contributed by atoms with E-state index in [-0.39, 0.29) is 25.7 Å². The molecule has 468 valence electrons. The molecule has 0 saturated carbocycles. The third-order valence-electron chi connectivity index (χ3n) is 14.1. The van der Waals surface area contributed by atoms with Crippen LogP contribution in [0, 0.1) is 5.92 Å². The van der Waals surface area contributed by atoms with E-state index < -0.39 is 97.5 Å². The summed E-state index contributed by atoms with van der Waals surface area (Å²) in [6.07, 6.45) is 36.2. The van der Waals surface area contributed by atoms with Gasteiger partial charge in [0, 0.05) is 25.7 Å². The monoisotopic (exact) mass is 1170 g/mol. The summed E-state index contributed by atoms with van der Waals surface area (Å²) in [5.41, 5.74) is 0. The SMILES string of the molecule is CCCCCCCCCCCCC(=O)OC[C@H](COP(=O)(O)OC[C@@H](O)COP(=O)(O)OC[C@@H](COC(=O)CCCCCCCCC)OC(=O)CCCCCCCCCCCC)OC(=O)CCCCCCCCCCC(C)CC. The van der Waals surface area contributed by atoms with E-state index in [2.05, 4.69) is 34.6 Å². The summed E-state index contributed by atoms with van der Waals surface area (Å²) in [6.45, 7) is 7.10. The first-order chi connectivity index (χ1) is 38.1. The second kappa shape index (κ2) is 54.0. The molecule has 0 spiro atoms. The van der Waals surface area contributed by atoms with Crippen molar-refractivity contribution in [1.82, 2.24) is 0 Å². The summed E-state index contributed by atoms with van der Waals surface area (Å²) in [4.78, 5) is 71.9. The van der Waals surface area contributed by atoms with Crippen LogP contribution in [0.1, 0.15) is 298 Å². The molecule has 0 amide bonds. The molecule has 0 aromatic rings. The normalized spacial score (nSPS) is 14.7. The zero-order valence-electron chi connectivity index (χ0n) is 50.5. The molecule has 6 atom stereocenters. The second-order valence-corrected chi connectivity index (χ2v) is 24.9. The Kier molecular flexibility index (Phi) is 52.7. The molecule has 0 aliphatic rings. The Morgan fingerprint density at radius 3 is 0.899 bits per heavy atom. The number of hydrogen-bond acceptors (Lipinski definition) is 15. The van der Waals surface area contributed by atoms with Crippen molar-refractivity contribution in [2.75, 3.05) is 39.6 Å². The lowest BCUT2D eigenvalue weighted by molar-refractivity contribution is -0.161. The van der Waals surface area contributed by atoms with Gasteiger partial charge in [0.25, 0.3) is 0 Å². The van der Waals surface area contributed by atoms with Gasteiger partial charge in [0.1, 0.15) is 19.3 Å². The molecule has 17 nitrogen and oxygen atoms in total. The Morgan fingerprint density at radius 2 is 0.608 bits per heavy atom. The summed E-state index contributed by atoms with van der Waals surface area (Å²) in [6, 6.07) is 0. The molecule has 79 heavy (non-hydrogen) atoms. The minimum Gasteiger partial charge on any atom is -0.462 e. The number of esters is 4. The fourth-order valence-electron chi connectivity index (χ4n) is 8.84. The average molecular weight is 1170 g/mol. The van der Waals surface area contributed by atoms with Crippen LogP contribution in [0.25, 0.3) is 0 Å². The number of phosphoric ester groups is 2. The highest BCUT2D eigenvalue weighted by atomic mass is 31.2. The van der Waals surface area contributed by atoms with E-state index >= 15 is 0 Å². The fraction of sp³-hybridized carbons (Fsp3) is 0.933. The van der Waals surface area contributed by atoms with Crippen LogP contribution in [-0.2, 0) is 65.4 Å². The number of carbonyl (C=O) groups excluding carboxylic acids is 4. The van der Waals surface area contributed by atoms with Crippen LogP contribution in [0.3, 0.4) is 0 Å². The van der Waals surface area contributed by atoms with Crippen molar-refractivity contribution in [2.24, 2.45) is 5.92 Å². The first-order valence-electron chi connectivity index (χ1n) is 31.7. The van der Waals surface area contributed by atoms with Crippen molar-refractivity contribution in [2.45, 2.75) is 316 Å². The molecule has 3 unspecified atom stereocenters. The fourth-order valence-corrected chi connectivity index (χ4v) is 10.4. The van der Waals surface area contributed by atoms with Crippen LogP contribution >= 0.6 is 15.6 Å². The van der Waals surface area contributed by atoms with Crippen molar-refractivity contribution in [3.05, 3.63) is 0 Å². The molecule has 19 heteroatoms. The van der Waals surface area contributed by atoms with Gasteiger partial charge in [-0.05, 0) is 31.6 Å². The molecule has 0 aromatic heterocycles. The molecule has 0 bridgehead atoms. The van der Waals surface area contributed by atoms with Crippen LogP contribution in [0.5, 0.6) is 0 Å². The molecule has 0 fully saturated rings. The number of rotatable bonds is 60. The van der Waals surface area contributed by atoms with Gasteiger partial charge in [-0.15, -0.1) is 0 Å². The Labute approximate surface area is 479 Å². The lowest BCUT2D eigenvalue weighted by Gasteiger charge is -2.21. The van der Waals surface area contributed by atoms with Crippen LogP contribution in [0.15, 0.2) is 0 Å². The van der Waals surface area contributed by atoms with Crippen molar-refractivity contribution in [3.8, 4) is 0 Å². The summed E-state index contributed by atoms with van der Waals surface area (Å²) in [5.74, 6) is -1.37. The number of unbranched alkanes of at least 4 members (excludes halogenated alkanes) is 31. The molecule has 0 radical (unpaired) electrons. The van der Waals surface area contributed by atoms with Gasteiger partial charge in [0.15, 0.2) is 12.2 Å². The van der Waals surface area contributed by atoms with Crippen molar-refractivity contribution in [3.63, 3.8) is 0 Å². The lowest BCUT2D eigenvalue weighted by atomic mass is 9.99.